The third-order valence-corrected chi connectivity index (χ3v) is 5.01. The van der Waals surface area contributed by atoms with Crippen molar-refractivity contribution in [1.29, 1.82) is 0 Å². The van der Waals surface area contributed by atoms with Crippen LogP contribution in [0.5, 0.6) is 0 Å². The van der Waals surface area contributed by atoms with Crippen molar-refractivity contribution in [2.75, 3.05) is 11.4 Å². The number of carboxylic acids is 1. The number of aliphatic carboxylic acids is 1. The lowest BCUT2D eigenvalue weighted by Gasteiger charge is -2.24. The molecular weight excluding hydrogens is 363 g/mol. The molecule has 2 aromatic carbocycles. The Morgan fingerprint density at radius 2 is 1.79 bits per heavy atom. The number of halogens is 1. The number of benzene rings is 2. The van der Waals surface area contributed by atoms with Crippen LogP contribution in [-0.2, 0) is 14.4 Å². The summed E-state index contributed by atoms with van der Waals surface area (Å²) >= 11 is 0. The number of hydrogen-bond acceptors (Lipinski definition) is 3. The second-order valence-corrected chi connectivity index (χ2v) is 6.83. The van der Waals surface area contributed by atoms with E-state index in [4.69, 9.17) is 0 Å². The van der Waals surface area contributed by atoms with Crippen molar-refractivity contribution in [1.82, 2.24) is 5.32 Å². The highest BCUT2D eigenvalue weighted by Gasteiger charge is 2.39. The lowest BCUT2D eigenvalue weighted by Crippen LogP contribution is -2.41. The van der Waals surface area contributed by atoms with E-state index in [1.54, 1.807) is 30.3 Å². The molecule has 0 aliphatic carbocycles. The van der Waals surface area contributed by atoms with Crippen molar-refractivity contribution < 1.29 is 23.9 Å². The van der Waals surface area contributed by atoms with Gasteiger partial charge in [0.1, 0.15) is 11.7 Å². The largest absolute Gasteiger partial charge is 0.481 e. The van der Waals surface area contributed by atoms with E-state index in [1.807, 2.05) is 0 Å². The van der Waals surface area contributed by atoms with E-state index in [0.717, 1.165) is 0 Å². The summed E-state index contributed by atoms with van der Waals surface area (Å²) in [5.41, 5.74) is 1.19. The van der Waals surface area contributed by atoms with Crippen LogP contribution in [0.2, 0.25) is 0 Å². The molecule has 2 aromatic rings. The zero-order valence-electron chi connectivity index (χ0n) is 15.3. The number of carboxylic acid groups (broad SMARTS) is 1. The predicted molar refractivity (Wildman–Crippen MR) is 101 cm³/mol. The van der Waals surface area contributed by atoms with Crippen molar-refractivity contribution in [3.63, 3.8) is 0 Å². The number of nitrogens with one attached hydrogen (secondary N) is 1. The molecule has 2 amide bonds. The van der Waals surface area contributed by atoms with E-state index in [2.05, 4.69) is 5.32 Å². The molecule has 3 atom stereocenters. The summed E-state index contributed by atoms with van der Waals surface area (Å²) in [7, 11) is 0. The number of carbonyl (C=O) groups excluding carboxylic acids is 2. The number of carbonyl (C=O) groups is 3. The van der Waals surface area contributed by atoms with Gasteiger partial charge in [-0.1, -0.05) is 30.3 Å². The highest BCUT2D eigenvalue weighted by molar-refractivity contribution is 6.09. The number of amides is 2. The molecule has 0 aromatic heterocycles. The highest BCUT2D eigenvalue weighted by Crippen LogP contribution is 2.28. The van der Waals surface area contributed by atoms with Crippen LogP contribution in [0.1, 0.15) is 24.9 Å². The molecule has 28 heavy (non-hydrogen) atoms. The van der Waals surface area contributed by atoms with E-state index in [9.17, 15) is 23.9 Å². The van der Waals surface area contributed by atoms with Crippen LogP contribution in [0, 0.1) is 17.7 Å². The molecule has 0 spiro atoms. The van der Waals surface area contributed by atoms with Crippen LogP contribution >= 0.6 is 0 Å². The molecule has 146 valence electrons. The summed E-state index contributed by atoms with van der Waals surface area (Å²) in [5, 5.41) is 12.1. The first-order valence-electron chi connectivity index (χ1n) is 9.03. The number of rotatable bonds is 6. The van der Waals surface area contributed by atoms with Gasteiger partial charge in [0.2, 0.25) is 11.8 Å². The van der Waals surface area contributed by atoms with E-state index in [1.165, 1.54) is 36.1 Å². The molecule has 0 radical (unpaired) electrons. The Kier molecular flexibility index (Phi) is 5.73. The van der Waals surface area contributed by atoms with E-state index < -0.39 is 35.6 Å². The summed E-state index contributed by atoms with van der Waals surface area (Å²) in [6.45, 7) is 1.86. The van der Waals surface area contributed by atoms with Crippen molar-refractivity contribution in [3.05, 3.63) is 66.0 Å². The monoisotopic (exact) mass is 384 g/mol. The second-order valence-electron chi connectivity index (χ2n) is 6.83. The minimum absolute atomic E-state index is 0.311. The summed E-state index contributed by atoms with van der Waals surface area (Å²) in [5.74, 6) is -4.10. The van der Waals surface area contributed by atoms with Gasteiger partial charge in [-0.3, -0.25) is 14.4 Å². The maximum atomic E-state index is 13.1. The Morgan fingerprint density at radius 3 is 2.39 bits per heavy atom. The number of nitrogens with zero attached hydrogens (tertiary/aromatic N) is 1. The molecule has 6 nitrogen and oxygen atoms in total. The molecule has 2 N–H and O–H groups in total. The van der Waals surface area contributed by atoms with Crippen LogP contribution in [0.25, 0.3) is 0 Å². The Bertz CT molecular complexity index is 870. The first-order chi connectivity index (χ1) is 13.4. The van der Waals surface area contributed by atoms with Gasteiger partial charge < -0.3 is 15.3 Å². The fourth-order valence-corrected chi connectivity index (χ4v) is 3.35. The van der Waals surface area contributed by atoms with Gasteiger partial charge in [0.05, 0.1) is 12.0 Å². The van der Waals surface area contributed by atoms with Crippen molar-refractivity contribution in [2.24, 2.45) is 11.8 Å². The van der Waals surface area contributed by atoms with Gasteiger partial charge in [-0.15, -0.1) is 0 Å². The molecule has 1 aliphatic heterocycles. The Balaban J connectivity index is 1.76. The zero-order valence-corrected chi connectivity index (χ0v) is 15.3. The average molecular weight is 384 g/mol. The van der Waals surface area contributed by atoms with E-state index >= 15 is 0 Å². The van der Waals surface area contributed by atoms with Gasteiger partial charge >= 0.3 is 5.97 Å². The van der Waals surface area contributed by atoms with Crippen molar-refractivity contribution in [2.45, 2.75) is 19.4 Å². The van der Waals surface area contributed by atoms with Gasteiger partial charge in [0, 0.05) is 12.2 Å². The van der Waals surface area contributed by atoms with Crippen LogP contribution in [0.3, 0.4) is 0 Å². The van der Waals surface area contributed by atoms with Gasteiger partial charge in [-0.2, -0.15) is 0 Å². The molecular formula is C21H21FN2O4. The van der Waals surface area contributed by atoms with Gasteiger partial charge in [0.25, 0.3) is 0 Å². The Labute approximate surface area is 162 Å². The molecule has 1 aliphatic rings. The molecule has 7 heteroatoms. The standard InChI is InChI=1S/C21H21FN2O4/c1-13(21(27)28)18(14-5-3-2-4-6-14)23-19(25)17-11-12-24(20(17)26)16-9-7-15(22)8-10-16/h2-10,13,17-18H,11-12H2,1H3,(H,23,25)(H,27,28). The smallest absolute Gasteiger partial charge is 0.308 e. The molecule has 1 heterocycles. The summed E-state index contributed by atoms with van der Waals surface area (Å²) in [6, 6.07) is 13.6. The zero-order chi connectivity index (χ0) is 20.3. The molecule has 3 rings (SSSR count). The van der Waals surface area contributed by atoms with E-state index in [0.29, 0.717) is 24.2 Å². The second kappa shape index (κ2) is 8.21. The van der Waals surface area contributed by atoms with Gasteiger partial charge in [0.15, 0.2) is 0 Å². The van der Waals surface area contributed by atoms with Gasteiger partial charge in [-0.25, -0.2) is 4.39 Å². The summed E-state index contributed by atoms with van der Waals surface area (Å²) in [4.78, 5) is 38.4. The number of hydrogen-bond donors (Lipinski definition) is 2. The first kappa shape index (κ1) is 19.5. The first-order valence-corrected chi connectivity index (χ1v) is 9.03. The Hall–Kier alpha value is -3.22. The quantitative estimate of drug-likeness (QED) is 0.750. The maximum Gasteiger partial charge on any atom is 0.308 e. The Morgan fingerprint density at radius 1 is 1.14 bits per heavy atom. The fraction of sp³-hybridized carbons (Fsp3) is 0.286. The van der Waals surface area contributed by atoms with Crippen molar-refractivity contribution >= 4 is 23.5 Å². The average Bonchev–Trinajstić information content (AvgIpc) is 3.08. The maximum absolute atomic E-state index is 13.1. The molecule has 0 bridgehead atoms. The predicted octanol–water partition coefficient (Wildman–Crippen LogP) is 2.76. The number of anilines is 1. The molecule has 0 saturated carbocycles. The fourth-order valence-electron chi connectivity index (χ4n) is 3.35. The third-order valence-electron chi connectivity index (χ3n) is 5.01. The van der Waals surface area contributed by atoms with Crippen LogP contribution in [-0.4, -0.2) is 29.4 Å². The van der Waals surface area contributed by atoms with Gasteiger partial charge in [-0.05, 0) is 43.2 Å². The topological polar surface area (TPSA) is 86.7 Å². The van der Waals surface area contributed by atoms with Crippen molar-refractivity contribution in [3.8, 4) is 0 Å². The SMILES string of the molecule is CC(C(=O)O)C(NC(=O)C1CCN(c2ccc(F)cc2)C1=O)c1ccccc1. The summed E-state index contributed by atoms with van der Waals surface area (Å²) < 4.78 is 13.1. The van der Waals surface area contributed by atoms with Crippen LogP contribution < -0.4 is 10.2 Å². The van der Waals surface area contributed by atoms with E-state index in [-0.39, 0.29) is 5.91 Å². The lowest BCUT2D eigenvalue weighted by molar-refractivity contribution is -0.142. The van der Waals surface area contributed by atoms with Crippen LogP contribution in [0.15, 0.2) is 54.6 Å². The molecule has 1 fully saturated rings. The minimum atomic E-state index is -1.04. The highest BCUT2D eigenvalue weighted by atomic mass is 19.1. The minimum Gasteiger partial charge on any atom is -0.481 e. The van der Waals surface area contributed by atoms with Crippen LogP contribution in [0.4, 0.5) is 10.1 Å². The molecule has 1 saturated heterocycles. The molecule has 3 unspecified atom stereocenters. The third kappa shape index (κ3) is 4.03. The summed E-state index contributed by atoms with van der Waals surface area (Å²) in [6.07, 6.45) is 0.311. The lowest BCUT2D eigenvalue weighted by atomic mass is 9.93. The normalized spacial score (nSPS) is 18.6.